The lowest BCUT2D eigenvalue weighted by atomic mass is 9.99. The molecule has 0 saturated carbocycles. The van der Waals surface area contributed by atoms with Gasteiger partial charge in [-0.25, -0.2) is 9.48 Å². The Balaban J connectivity index is 2.57. The molecule has 5 nitrogen and oxygen atoms in total. The zero-order valence-electron chi connectivity index (χ0n) is 14.8. The smallest absolute Gasteiger partial charge is 0.336 e. The van der Waals surface area contributed by atoms with Gasteiger partial charge in [-0.2, -0.15) is 12.6 Å². The van der Waals surface area contributed by atoms with Gasteiger partial charge in [0.1, 0.15) is 5.69 Å². The predicted molar refractivity (Wildman–Crippen MR) is 110 cm³/mol. The van der Waals surface area contributed by atoms with Gasteiger partial charge < -0.3 is 5.11 Å². The molecule has 2 rings (SSSR count). The van der Waals surface area contributed by atoms with E-state index in [9.17, 15) is 9.90 Å². The molecule has 0 atom stereocenters. The van der Waals surface area contributed by atoms with E-state index in [0.717, 1.165) is 12.0 Å². The van der Waals surface area contributed by atoms with Gasteiger partial charge in [0.2, 0.25) is 0 Å². The topological polar surface area (TPSA) is 68.0 Å². The van der Waals surface area contributed by atoms with Crippen molar-refractivity contribution >= 4 is 36.3 Å². The van der Waals surface area contributed by atoms with Crippen LogP contribution in [0.2, 0.25) is 0 Å². The predicted octanol–water partition coefficient (Wildman–Crippen LogP) is 4.88. The first-order valence-corrected chi connectivity index (χ1v) is 8.67. The van der Waals surface area contributed by atoms with Crippen molar-refractivity contribution in [2.75, 3.05) is 0 Å². The van der Waals surface area contributed by atoms with E-state index in [-0.39, 0.29) is 5.56 Å². The molecule has 26 heavy (non-hydrogen) atoms. The van der Waals surface area contributed by atoms with E-state index in [0.29, 0.717) is 22.5 Å². The van der Waals surface area contributed by atoms with Gasteiger partial charge in [-0.3, -0.25) is 0 Å². The summed E-state index contributed by atoms with van der Waals surface area (Å²) < 4.78 is 1.56. The van der Waals surface area contributed by atoms with Crippen molar-refractivity contribution in [3.8, 4) is 5.69 Å². The van der Waals surface area contributed by atoms with Gasteiger partial charge in [-0.15, -0.1) is 5.10 Å². The van der Waals surface area contributed by atoms with Gasteiger partial charge in [-0.1, -0.05) is 43.0 Å². The third kappa shape index (κ3) is 4.21. The number of aromatic carboxylic acids is 1. The van der Waals surface area contributed by atoms with E-state index in [4.69, 9.17) is 0 Å². The number of hydrogen-bond acceptors (Lipinski definition) is 4. The highest BCUT2D eigenvalue weighted by molar-refractivity contribution is 7.83. The molecular formula is C20H21N3O2S. The van der Waals surface area contributed by atoms with Crippen LogP contribution in [0.5, 0.6) is 0 Å². The van der Waals surface area contributed by atoms with E-state index in [1.54, 1.807) is 28.4 Å². The number of hydrogen-bond donors (Lipinski definition) is 2. The number of nitrogens with zero attached hydrogens (tertiary/aromatic N) is 3. The minimum absolute atomic E-state index is 0.146. The maximum atomic E-state index is 11.6. The van der Waals surface area contributed by atoms with Crippen LogP contribution in [0, 0.1) is 0 Å². The second kappa shape index (κ2) is 9.01. The molecule has 0 fully saturated rings. The zero-order valence-corrected chi connectivity index (χ0v) is 15.6. The fraction of sp³-hybridized carbons (Fsp3) is 0.150. The third-order valence-electron chi connectivity index (χ3n) is 3.78. The molecule has 0 unspecified atom stereocenters. The Bertz CT molecular complexity index is 908. The Morgan fingerprint density at radius 2 is 2.19 bits per heavy atom. The molecule has 0 bridgehead atoms. The molecule has 1 N–H and O–H groups in total. The van der Waals surface area contributed by atoms with Gasteiger partial charge in [0.05, 0.1) is 17.4 Å². The number of thiol groups is 1. The first-order valence-electron chi connectivity index (χ1n) is 8.16. The molecule has 0 aliphatic carbocycles. The Morgan fingerprint density at radius 1 is 1.42 bits per heavy atom. The van der Waals surface area contributed by atoms with E-state index in [1.165, 1.54) is 6.08 Å². The number of allylic oxidation sites excluding steroid dienone is 4. The number of carboxylic acids is 1. The van der Waals surface area contributed by atoms with Crippen LogP contribution in [0.3, 0.4) is 0 Å². The average molecular weight is 367 g/mol. The van der Waals surface area contributed by atoms with E-state index >= 15 is 0 Å². The summed E-state index contributed by atoms with van der Waals surface area (Å²) in [6.07, 6.45) is 11.9. The normalized spacial score (nSPS) is 12.2. The maximum Gasteiger partial charge on any atom is 0.336 e. The first kappa shape index (κ1) is 19.5. The van der Waals surface area contributed by atoms with Crippen LogP contribution < -0.4 is 0 Å². The average Bonchev–Trinajstić information content (AvgIpc) is 3.12. The minimum atomic E-state index is -1.03. The Kier molecular flexibility index (Phi) is 6.74. The standard InChI is InChI=1S/C20H21N3O2S/c1-4-7-8-14(5-2)19-13-23(22-21-19)16-11-15(9-10-26)17(6-3)18(12-16)20(24)25/h5-13,26H,3-4H2,1-2H3,(H,24,25)/b8-7-,10-9-,14-5+. The second-order valence-electron chi connectivity index (χ2n) is 5.42. The summed E-state index contributed by atoms with van der Waals surface area (Å²) in [5.41, 5.74) is 3.64. The number of benzene rings is 1. The molecule has 0 aliphatic heterocycles. The summed E-state index contributed by atoms with van der Waals surface area (Å²) >= 11 is 4.09. The fourth-order valence-corrected chi connectivity index (χ4v) is 2.67. The van der Waals surface area contributed by atoms with Crippen LogP contribution in [0.4, 0.5) is 0 Å². The summed E-state index contributed by atoms with van der Waals surface area (Å²) in [5.74, 6) is -1.03. The van der Waals surface area contributed by atoms with Gasteiger partial charge in [0, 0.05) is 0 Å². The minimum Gasteiger partial charge on any atom is -0.478 e. The molecule has 2 aromatic rings. The third-order valence-corrected chi connectivity index (χ3v) is 3.93. The molecule has 0 amide bonds. The summed E-state index contributed by atoms with van der Waals surface area (Å²) in [4.78, 5) is 11.6. The summed E-state index contributed by atoms with van der Waals surface area (Å²) in [6, 6.07) is 3.39. The highest BCUT2D eigenvalue weighted by Crippen LogP contribution is 2.24. The van der Waals surface area contributed by atoms with Gasteiger partial charge in [-0.05, 0) is 53.7 Å². The quantitative estimate of drug-likeness (QED) is 0.541. The number of aromatic nitrogens is 3. The lowest BCUT2D eigenvalue weighted by Crippen LogP contribution is -2.05. The summed E-state index contributed by atoms with van der Waals surface area (Å²) in [5, 5.41) is 19.4. The van der Waals surface area contributed by atoms with Gasteiger partial charge in [0.15, 0.2) is 0 Å². The van der Waals surface area contributed by atoms with E-state index in [2.05, 4.69) is 36.4 Å². The summed E-state index contributed by atoms with van der Waals surface area (Å²) in [6.45, 7) is 7.71. The lowest BCUT2D eigenvalue weighted by Gasteiger charge is -2.10. The molecule has 1 aromatic heterocycles. The number of carboxylic acid groups (broad SMARTS) is 1. The molecule has 0 saturated heterocycles. The second-order valence-corrected chi connectivity index (χ2v) is 5.72. The highest BCUT2D eigenvalue weighted by Gasteiger charge is 2.15. The van der Waals surface area contributed by atoms with Crippen molar-refractivity contribution in [1.82, 2.24) is 15.0 Å². The van der Waals surface area contributed by atoms with Crippen molar-refractivity contribution in [2.24, 2.45) is 0 Å². The fourth-order valence-electron chi connectivity index (χ4n) is 2.51. The van der Waals surface area contributed by atoms with Crippen LogP contribution >= 0.6 is 12.6 Å². The SMILES string of the molecule is C=Cc1c(/C=C\S)cc(-n2cc(C(/C=C\CC)=C/C)nn2)cc1C(=O)O. The van der Waals surface area contributed by atoms with Gasteiger partial charge >= 0.3 is 5.97 Å². The zero-order chi connectivity index (χ0) is 19.1. The van der Waals surface area contributed by atoms with Crippen LogP contribution in [-0.4, -0.2) is 26.1 Å². The maximum absolute atomic E-state index is 11.6. The largest absolute Gasteiger partial charge is 0.478 e. The van der Waals surface area contributed by atoms with Crippen LogP contribution in [0.15, 0.2) is 48.5 Å². The Labute approximate surface area is 158 Å². The number of rotatable bonds is 7. The number of carbonyl (C=O) groups is 1. The van der Waals surface area contributed by atoms with Crippen molar-refractivity contribution in [3.63, 3.8) is 0 Å². The molecular weight excluding hydrogens is 346 g/mol. The Morgan fingerprint density at radius 3 is 2.77 bits per heavy atom. The monoisotopic (exact) mass is 367 g/mol. The molecule has 0 spiro atoms. The Hall–Kier alpha value is -2.86. The molecule has 134 valence electrons. The van der Waals surface area contributed by atoms with Gasteiger partial charge in [0.25, 0.3) is 0 Å². The molecule has 6 heteroatoms. The van der Waals surface area contributed by atoms with Crippen molar-refractivity contribution < 1.29 is 9.90 Å². The van der Waals surface area contributed by atoms with E-state index < -0.39 is 5.97 Å². The van der Waals surface area contributed by atoms with Crippen molar-refractivity contribution in [2.45, 2.75) is 20.3 Å². The molecule has 1 heterocycles. The highest BCUT2D eigenvalue weighted by atomic mass is 32.1. The van der Waals surface area contributed by atoms with E-state index in [1.807, 2.05) is 31.2 Å². The van der Waals surface area contributed by atoms with Crippen molar-refractivity contribution in [1.29, 1.82) is 0 Å². The lowest BCUT2D eigenvalue weighted by molar-refractivity contribution is 0.0696. The first-order chi connectivity index (χ1) is 12.5. The molecule has 0 aliphatic rings. The van der Waals surface area contributed by atoms with Crippen LogP contribution in [0.25, 0.3) is 23.4 Å². The van der Waals surface area contributed by atoms with Crippen LogP contribution in [0.1, 0.15) is 47.4 Å². The van der Waals surface area contributed by atoms with Crippen LogP contribution in [-0.2, 0) is 0 Å². The van der Waals surface area contributed by atoms with Crippen molar-refractivity contribution in [3.05, 3.63) is 70.9 Å². The molecule has 0 radical (unpaired) electrons. The summed E-state index contributed by atoms with van der Waals surface area (Å²) in [7, 11) is 0. The molecule has 1 aromatic carbocycles.